The van der Waals surface area contributed by atoms with Crippen molar-refractivity contribution in [3.63, 3.8) is 0 Å². The van der Waals surface area contributed by atoms with Crippen molar-refractivity contribution in [3.05, 3.63) is 39.3 Å². The second kappa shape index (κ2) is 7.50. The normalized spacial score (nSPS) is 27.6. The van der Waals surface area contributed by atoms with Gasteiger partial charge in [-0.15, -0.1) is 23.7 Å². The molecule has 6 nitrogen and oxygen atoms in total. The summed E-state index contributed by atoms with van der Waals surface area (Å²) in [5.74, 6) is 0.880. The molecule has 26 heavy (non-hydrogen) atoms. The molecule has 2 aromatic rings. The summed E-state index contributed by atoms with van der Waals surface area (Å²) in [6.45, 7) is 0. The van der Waals surface area contributed by atoms with Crippen molar-refractivity contribution in [2.75, 3.05) is 0 Å². The Balaban J connectivity index is 0.00000196. The van der Waals surface area contributed by atoms with Crippen LogP contribution in [0.4, 0.5) is 5.69 Å². The Morgan fingerprint density at radius 1 is 1.23 bits per heavy atom. The van der Waals surface area contributed by atoms with E-state index < -0.39 is 4.92 Å². The highest BCUT2D eigenvalue weighted by atomic mass is 35.5. The van der Waals surface area contributed by atoms with E-state index in [1.807, 2.05) is 0 Å². The first kappa shape index (κ1) is 19.1. The first-order chi connectivity index (χ1) is 12.0. The third-order valence-electron chi connectivity index (χ3n) is 5.61. The molecule has 1 aromatic heterocycles. The fourth-order valence-corrected chi connectivity index (χ4v) is 5.45. The lowest BCUT2D eigenvalue weighted by Gasteiger charge is -2.45. The van der Waals surface area contributed by atoms with E-state index in [1.165, 1.54) is 29.9 Å². The van der Waals surface area contributed by atoms with E-state index >= 15 is 0 Å². The number of rotatable bonds is 3. The van der Waals surface area contributed by atoms with Crippen molar-refractivity contribution in [2.24, 2.45) is 17.6 Å². The van der Waals surface area contributed by atoms with E-state index in [1.54, 1.807) is 12.1 Å². The lowest BCUT2D eigenvalue weighted by Crippen LogP contribution is -2.53. The quantitative estimate of drug-likeness (QED) is 0.608. The summed E-state index contributed by atoms with van der Waals surface area (Å²) in [7, 11) is 0. The number of amides is 1. The predicted octanol–water partition coefficient (Wildman–Crippen LogP) is 3.87. The Labute approximate surface area is 161 Å². The van der Waals surface area contributed by atoms with Gasteiger partial charge in [0.05, 0.1) is 9.80 Å². The van der Waals surface area contributed by atoms with E-state index in [0.29, 0.717) is 16.7 Å². The van der Waals surface area contributed by atoms with Crippen LogP contribution in [0.1, 0.15) is 41.8 Å². The van der Waals surface area contributed by atoms with Gasteiger partial charge in [0.25, 0.3) is 11.6 Å². The number of thiophene rings is 1. The minimum Gasteiger partial charge on any atom is -0.348 e. The lowest BCUT2D eigenvalue weighted by molar-refractivity contribution is -0.384. The molecule has 3 N–H and O–H groups in total. The number of nitro benzene ring substituents is 1. The highest BCUT2D eigenvalue weighted by Crippen LogP contribution is 2.40. The molecule has 1 aromatic carbocycles. The summed E-state index contributed by atoms with van der Waals surface area (Å²) in [6, 6.07) is 6.94. The zero-order chi connectivity index (χ0) is 17.6. The molecule has 2 bridgehead atoms. The largest absolute Gasteiger partial charge is 0.348 e. The maximum Gasteiger partial charge on any atom is 0.270 e. The average Bonchev–Trinajstić information content (AvgIpc) is 2.98. The Morgan fingerprint density at radius 3 is 2.58 bits per heavy atom. The van der Waals surface area contributed by atoms with Crippen molar-refractivity contribution in [3.8, 4) is 0 Å². The number of hydrogen-bond donors (Lipinski definition) is 2. The van der Waals surface area contributed by atoms with E-state index in [9.17, 15) is 14.9 Å². The van der Waals surface area contributed by atoms with Crippen LogP contribution in [0.25, 0.3) is 10.1 Å². The van der Waals surface area contributed by atoms with Gasteiger partial charge in [-0.05, 0) is 49.7 Å². The highest BCUT2D eigenvalue weighted by Gasteiger charge is 2.40. The molecule has 1 heterocycles. The number of carbonyl (C=O) groups excluding carboxylic acids is 1. The molecule has 0 aliphatic heterocycles. The standard InChI is InChI=1S/C18H21N3O3S.ClH/c19-13-6-10-2-1-3-11(7-13)17(10)20-18(22)16-9-12-8-14(21(23)24)4-5-15(12)25-16;/h4-5,8-11,13,17H,1-3,6-7,19H2,(H,20,22);1H. The van der Waals surface area contributed by atoms with Crippen molar-refractivity contribution >= 4 is 45.4 Å². The van der Waals surface area contributed by atoms with Gasteiger partial charge in [0, 0.05) is 34.3 Å². The monoisotopic (exact) mass is 395 g/mol. The van der Waals surface area contributed by atoms with Gasteiger partial charge in [-0.3, -0.25) is 14.9 Å². The second-order valence-electron chi connectivity index (χ2n) is 7.27. The summed E-state index contributed by atoms with van der Waals surface area (Å²) in [5.41, 5.74) is 6.20. The maximum atomic E-state index is 12.7. The summed E-state index contributed by atoms with van der Waals surface area (Å²) in [6.07, 6.45) is 5.46. The number of nitrogens with zero attached hydrogens (tertiary/aromatic N) is 1. The van der Waals surface area contributed by atoms with Crippen LogP contribution in [-0.4, -0.2) is 22.9 Å². The highest BCUT2D eigenvalue weighted by molar-refractivity contribution is 7.20. The van der Waals surface area contributed by atoms with Gasteiger partial charge >= 0.3 is 0 Å². The maximum absolute atomic E-state index is 12.7. The third kappa shape index (κ3) is 3.56. The number of fused-ring (bicyclic) bond motifs is 3. The van der Waals surface area contributed by atoms with Crippen LogP contribution >= 0.6 is 23.7 Å². The zero-order valence-electron chi connectivity index (χ0n) is 14.2. The molecule has 2 saturated carbocycles. The molecule has 0 radical (unpaired) electrons. The minimum atomic E-state index is -0.413. The smallest absolute Gasteiger partial charge is 0.270 e. The molecule has 1 amide bonds. The number of nitrogens with one attached hydrogen (secondary N) is 1. The lowest BCUT2D eigenvalue weighted by atomic mass is 9.67. The van der Waals surface area contributed by atoms with Crippen LogP contribution in [-0.2, 0) is 0 Å². The van der Waals surface area contributed by atoms with Gasteiger partial charge in [-0.25, -0.2) is 0 Å². The molecular weight excluding hydrogens is 374 g/mol. The molecule has 8 heteroatoms. The number of hydrogen-bond acceptors (Lipinski definition) is 5. The molecule has 2 unspecified atom stereocenters. The summed E-state index contributed by atoms with van der Waals surface area (Å²) in [4.78, 5) is 23.9. The van der Waals surface area contributed by atoms with Gasteiger partial charge in [-0.1, -0.05) is 6.42 Å². The Kier molecular flexibility index (Phi) is 5.50. The van der Waals surface area contributed by atoms with Crippen LogP contribution in [0.3, 0.4) is 0 Å². The first-order valence-corrected chi connectivity index (χ1v) is 9.57. The summed E-state index contributed by atoms with van der Waals surface area (Å²) < 4.78 is 0.890. The Bertz CT molecular complexity index is 826. The van der Waals surface area contributed by atoms with Crippen LogP contribution in [0.2, 0.25) is 0 Å². The minimum absolute atomic E-state index is 0. The van der Waals surface area contributed by atoms with Crippen LogP contribution in [0.15, 0.2) is 24.3 Å². The first-order valence-electron chi connectivity index (χ1n) is 8.75. The number of nitro groups is 1. The molecule has 140 valence electrons. The van der Waals surface area contributed by atoms with Crippen LogP contribution in [0, 0.1) is 22.0 Å². The van der Waals surface area contributed by atoms with Gasteiger partial charge < -0.3 is 11.1 Å². The van der Waals surface area contributed by atoms with Gasteiger partial charge in [0.2, 0.25) is 0 Å². The van der Waals surface area contributed by atoms with Crippen molar-refractivity contribution in [1.82, 2.24) is 5.32 Å². The SMILES string of the molecule is Cl.NC1CC2CCCC(C1)C2NC(=O)c1cc2cc([N+](=O)[O-])ccc2s1. The summed E-state index contributed by atoms with van der Waals surface area (Å²) in [5, 5.41) is 14.9. The Morgan fingerprint density at radius 2 is 1.92 bits per heavy atom. The van der Waals surface area contributed by atoms with E-state index in [-0.39, 0.29) is 36.1 Å². The second-order valence-corrected chi connectivity index (χ2v) is 8.36. The molecule has 0 spiro atoms. The number of halogens is 1. The van der Waals surface area contributed by atoms with E-state index in [2.05, 4.69) is 5.32 Å². The van der Waals surface area contributed by atoms with Crippen molar-refractivity contribution in [2.45, 2.75) is 44.2 Å². The van der Waals surface area contributed by atoms with Crippen LogP contribution in [0.5, 0.6) is 0 Å². The zero-order valence-corrected chi connectivity index (χ0v) is 15.9. The Hall–Kier alpha value is -1.70. The number of benzene rings is 1. The van der Waals surface area contributed by atoms with Crippen molar-refractivity contribution < 1.29 is 9.72 Å². The van der Waals surface area contributed by atoms with E-state index in [0.717, 1.165) is 35.8 Å². The average molecular weight is 396 g/mol. The fourth-order valence-electron chi connectivity index (χ4n) is 4.50. The summed E-state index contributed by atoms with van der Waals surface area (Å²) >= 11 is 1.38. The molecule has 0 saturated heterocycles. The van der Waals surface area contributed by atoms with E-state index in [4.69, 9.17) is 5.73 Å². The van der Waals surface area contributed by atoms with Crippen molar-refractivity contribution in [1.29, 1.82) is 0 Å². The third-order valence-corrected chi connectivity index (χ3v) is 6.72. The number of nitrogens with two attached hydrogens (primary N) is 1. The molecular formula is C18H22ClN3O3S. The number of non-ortho nitro benzene ring substituents is 1. The fraction of sp³-hybridized carbons (Fsp3) is 0.500. The molecule has 2 aliphatic carbocycles. The molecule has 2 fully saturated rings. The van der Waals surface area contributed by atoms with Gasteiger partial charge in [0.1, 0.15) is 0 Å². The molecule has 2 atom stereocenters. The van der Waals surface area contributed by atoms with Gasteiger partial charge in [-0.2, -0.15) is 0 Å². The van der Waals surface area contributed by atoms with Gasteiger partial charge in [0.15, 0.2) is 0 Å². The molecule has 4 rings (SSSR count). The topological polar surface area (TPSA) is 98.3 Å². The number of carbonyl (C=O) groups is 1. The predicted molar refractivity (Wildman–Crippen MR) is 105 cm³/mol. The molecule has 2 aliphatic rings. The van der Waals surface area contributed by atoms with Crippen LogP contribution < -0.4 is 11.1 Å².